The van der Waals surface area contributed by atoms with E-state index in [9.17, 15) is 0 Å². The number of benzene rings is 2. The van der Waals surface area contributed by atoms with Crippen LogP contribution in [-0.2, 0) is 13.1 Å². The van der Waals surface area contributed by atoms with Crippen molar-refractivity contribution in [3.05, 3.63) is 113 Å². The summed E-state index contributed by atoms with van der Waals surface area (Å²) in [7, 11) is 4.32. The van der Waals surface area contributed by atoms with Gasteiger partial charge in [-0.2, -0.15) is 0 Å². The minimum atomic E-state index is 0.850. The highest BCUT2D eigenvalue weighted by atomic mass is 15.1. The van der Waals surface area contributed by atoms with Crippen LogP contribution in [0.5, 0.6) is 0 Å². The van der Waals surface area contributed by atoms with Crippen LogP contribution in [0.2, 0.25) is 0 Å². The van der Waals surface area contributed by atoms with Crippen molar-refractivity contribution in [2.24, 2.45) is 0 Å². The van der Waals surface area contributed by atoms with Crippen LogP contribution < -0.4 is 4.90 Å². The summed E-state index contributed by atoms with van der Waals surface area (Å²) in [5.74, 6) is 0. The molecule has 2 nitrogen and oxygen atoms in total. The summed E-state index contributed by atoms with van der Waals surface area (Å²) in [5, 5.41) is 0. The van der Waals surface area contributed by atoms with Crippen molar-refractivity contribution in [2.75, 3.05) is 19.0 Å². The number of hydrogen-bond acceptors (Lipinski definition) is 2. The van der Waals surface area contributed by atoms with Crippen molar-refractivity contribution < 1.29 is 0 Å². The average molecular weight is 395 g/mol. The van der Waals surface area contributed by atoms with Crippen molar-refractivity contribution in [1.29, 1.82) is 0 Å². The van der Waals surface area contributed by atoms with Crippen LogP contribution in [0, 0.1) is 6.92 Å². The zero-order chi connectivity index (χ0) is 21.6. The lowest BCUT2D eigenvalue weighted by molar-refractivity contribution is 0.411. The van der Waals surface area contributed by atoms with Crippen LogP contribution in [0.1, 0.15) is 40.3 Å². The van der Waals surface area contributed by atoms with Gasteiger partial charge in [-0.05, 0) is 64.9 Å². The zero-order valence-electron chi connectivity index (χ0n) is 18.5. The van der Waals surface area contributed by atoms with E-state index in [0.29, 0.717) is 0 Å². The molecule has 0 N–H and O–H groups in total. The molecule has 30 heavy (non-hydrogen) atoms. The summed E-state index contributed by atoms with van der Waals surface area (Å²) in [5.41, 5.74) is 13.5. The lowest BCUT2D eigenvalue weighted by Gasteiger charge is -2.23. The molecule has 0 spiro atoms. The Kier molecular flexibility index (Phi) is 5.03. The van der Waals surface area contributed by atoms with Crippen LogP contribution in [0.4, 0.5) is 5.69 Å². The standard InChI is InChI=1S/C28H30N2/c1-8-9-12-23-18(2)25-15-22-16-30(7)27-14-11-10-13-24(27)19(3)28(22)20(4)26(25)17-29(6)21(23)5/h8-15H,1-3,16-17H2,4-7H3/b12-9-. The SMILES string of the molecule is C=C/C=C\C1=C(C)N(C)Cc2c(cc3c(c2C)C(=C)c2ccccc2N(C)C3)C1=C. The maximum atomic E-state index is 4.54. The molecule has 0 aliphatic carbocycles. The fraction of sp³-hybridized carbons (Fsp3) is 0.214. The van der Waals surface area contributed by atoms with Crippen molar-refractivity contribution >= 4 is 16.8 Å². The van der Waals surface area contributed by atoms with E-state index in [2.05, 4.69) is 93.9 Å². The molecule has 0 atom stereocenters. The molecule has 0 saturated heterocycles. The van der Waals surface area contributed by atoms with Gasteiger partial charge in [0, 0.05) is 49.7 Å². The van der Waals surface area contributed by atoms with E-state index in [-0.39, 0.29) is 0 Å². The van der Waals surface area contributed by atoms with E-state index in [0.717, 1.165) is 24.2 Å². The van der Waals surface area contributed by atoms with Gasteiger partial charge in [0.15, 0.2) is 0 Å². The number of fused-ring (bicyclic) bond motifs is 3. The average Bonchev–Trinajstić information content (AvgIpc) is 2.89. The first kappa shape index (κ1) is 20.0. The number of hydrogen-bond donors (Lipinski definition) is 0. The molecule has 2 aliphatic rings. The van der Waals surface area contributed by atoms with Crippen LogP contribution in [0.15, 0.2) is 79.6 Å². The molecule has 152 valence electrons. The summed E-state index contributed by atoms with van der Waals surface area (Å²) in [4.78, 5) is 4.64. The van der Waals surface area contributed by atoms with Gasteiger partial charge in [0.1, 0.15) is 0 Å². The normalized spacial score (nSPS) is 16.3. The van der Waals surface area contributed by atoms with Crippen LogP contribution in [0.25, 0.3) is 11.1 Å². The van der Waals surface area contributed by atoms with Gasteiger partial charge in [-0.15, -0.1) is 0 Å². The predicted octanol–water partition coefficient (Wildman–Crippen LogP) is 6.48. The molecule has 0 aromatic heterocycles. The van der Waals surface area contributed by atoms with Crippen molar-refractivity contribution in [3.8, 4) is 0 Å². The largest absolute Gasteiger partial charge is 0.373 e. The van der Waals surface area contributed by atoms with Gasteiger partial charge >= 0.3 is 0 Å². The Morgan fingerprint density at radius 3 is 2.40 bits per heavy atom. The Balaban J connectivity index is 1.96. The van der Waals surface area contributed by atoms with Crippen molar-refractivity contribution in [1.82, 2.24) is 4.90 Å². The predicted molar refractivity (Wildman–Crippen MR) is 130 cm³/mol. The van der Waals surface area contributed by atoms with Gasteiger partial charge in [0.2, 0.25) is 0 Å². The summed E-state index contributed by atoms with van der Waals surface area (Å²) >= 11 is 0. The summed E-state index contributed by atoms with van der Waals surface area (Å²) in [6.45, 7) is 19.0. The van der Waals surface area contributed by atoms with Crippen molar-refractivity contribution in [2.45, 2.75) is 26.9 Å². The molecular weight excluding hydrogens is 364 g/mol. The third-order valence-electron chi connectivity index (χ3n) is 6.55. The second-order valence-electron chi connectivity index (χ2n) is 8.34. The third kappa shape index (κ3) is 3.04. The Bertz CT molecular complexity index is 1140. The lowest BCUT2D eigenvalue weighted by atomic mass is 9.84. The molecule has 2 aliphatic heterocycles. The molecule has 0 fully saturated rings. The molecular formula is C28H30N2. The molecule has 0 unspecified atom stereocenters. The van der Waals surface area contributed by atoms with Crippen molar-refractivity contribution in [3.63, 3.8) is 0 Å². The Hall–Kier alpha value is -3.26. The Morgan fingerprint density at radius 2 is 1.67 bits per heavy atom. The summed E-state index contributed by atoms with van der Waals surface area (Å²) < 4.78 is 0. The number of anilines is 1. The van der Waals surface area contributed by atoms with E-state index in [1.54, 1.807) is 0 Å². The highest BCUT2D eigenvalue weighted by Crippen LogP contribution is 2.43. The topological polar surface area (TPSA) is 6.48 Å². The molecule has 2 aromatic carbocycles. The van der Waals surface area contributed by atoms with Gasteiger partial charge in [-0.3, -0.25) is 0 Å². The first-order valence-corrected chi connectivity index (χ1v) is 10.4. The summed E-state index contributed by atoms with van der Waals surface area (Å²) in [6, 6.07) is 10.9. The van der Waals surface area contributed by atoms with Gasteiger partial charge in [0.05, 0.1) is 0 Å². The minimum Gasteiger partial charge on any atom is -0.373 e. The number of allylic oxidation sites excluding steroid dienone is 6. The van der Waals surface area contributed by atoms with Gasteiger partial charge in [-0.1, -0.05) is 56.2 Å². The lowest BCUT2D eigenvalue weighted by Crippen LogP contribution is -2.18. The minimum absolute atomic E-state index is 0.850. The van der Waals surface area contributed by atoms with Crippen LogP contribution in [-0.4, -0.2) is 19.0 Å². The molecule has 2 heteroatoms. The zero-order valence-corrected chi connectivity index (χ0v) is 18.5. The maximum Gasteiger partial charge on any atom is 0.0446 e. The molecule has 0 amide bonds. The second kappa shape index (κ2) is 7.53. The molecule has 4 rings (SSSR count). The van der Waals surface area contributed by atoms with Gasteiger partial charge in [0.25, 0.3) is 0 Å². The monoisotopic (exact) mass is 394 g/mol. The Morgan fingerprint density at radius 1 is 0.933 bits per heavy atom. The number of rotatable bonds is 2. The molecule has 2 aromatic rings. The first-order valence-electron chi connectivity index (χ1n) is 10.4. The Labute approximate surface area is 180 Å². The molecule has 0 radical (unpaired) electrons. The van der Waals surface area contributed by atoms with Crippen LogP contribution >= 0.6 is 0 Å². The number of para-hydroxylation sites is 1. The van der Waals surface area contributed by atoms with E-state index in [1.807, 2.05) is 12.2 Å². The smallest absolute Gasteiger partial charge is 0.0446 e. The van der Waals surface area contributed by atoms with Crippen LogP contribution in [0.3, 0.4) is 0 Å². The van der Waals surface area contributed by atoms with E-state index in [4.69, 9.17) is 0 Å². The highest BCUT2D eigenvalue weighted by molar-refractivity contribution is 5.92. The molecule has 2 heterocycles. The maximum absolute atomic E-state index is 4.54. The highest BCUT2D eigenvalue weighted by Gasteiger charge is 2.27. The second-order valence-corrected chi connectivity index (χ2v) is 8.34. The van der Waals surface area contributed by atoms with E-state index in [1.165, 1.54) is 50.3 Å². The molecule has 0 saturated carbocycles. The number of nitrogens with zero attached hydrogens (tertiary/aromatic N) is 2. The van der Waals surface area contributed by atoms with E-state index >= 15 is 0 Å². The third-order valence-corrected chi connectivity index (χ3v) is 6.55. The summed E-state index contributed by atoms with van der Waals surface area (Å²) in [6.07, 6.45) is 5.93. The molecule has 0 bridgehead atoms. The van der Waals surface area contributed by atoms with E-state index < -0.39 is 0 Å². The fourth-order valence-corrected chi connectivity index (χ4v) is 4.79. The quantitative estimate of drug-likeness (QED) is 0.538. The first-order chi connectivity index (χ1) is 14.3. The van der Waals surface area contributed by atoms with Gasteiger partial charge in [-0.25, -0.2) is 0 Å². The fourth-order valence-electron chi connectivity index (χ4n) is 4.79. The van der Waals surface area contributed by atoms with Gasteiger partial charge < -0.3 is 9.80 Å².